The molecule has 2 aromatic heterocycles. The Morgan fingerprint density at radius 3 is 2.67 bits per heavy atom. The number of likely N-dealkylation sites (N-methyl/N-ethyl adjacent to an activating group) is 1. The molecule has 1 fully saturated rings. The molecule has 40 heavy (non-hydrogen) atoms. The molecular formula is C25H22BrN5O6S3. The minimum atomic E-state index is -3.78. The summed E-state index contributed by atoms with van der Waals surface area (Å²) in [5.74, 6) is -0.544. The predicted molar refractivity (Wildman–Crippen MR) is 158 cm³/mol. The Labute approximate surface area is 246 Å². The van der Waals surface area contributed by atoms with Gasteiger partial charge in [0.25, 0.3) is 5.91 Å². The molecule has 0 bridgehead atoms. The maximum absolute atomic E-state index is 13.6. The van der Waals surface area contributed by atoms with Crippen LogP contribution < -0.4 is 5.01 Å². The molecule has 2 aromatic carbocycles. The molecule has 0 N–H and O–H groups in total. The van der Waals surface area contributed by atoms with Crippen LogP contribution in [-0.4, -0.2) is 61.1 Å². The Morgan fingerprint density at radius 2 is 2.00 bits per heavy atom. The number of benzene rings is 2. The SMILES string of the molecule is CN(CC1CCCO1)S(=O)(=O)c1ccc(C(=O)N(/N=C/c2ccc([N+](=O)[O-])s2)c2nc3ccc(Br)cc3s2)cc1. The summed E-state index contributed by atoms with van der Waals surface area (Å²) in [7, 11) is -2.28. The lowest BCUT2D eigenvalue weighted by molar-refractivity contribution is -0.380. The first-order chi connectivity index (χ1) is 19.1. The molecule has 1 atom stereocenters. The highest BCUT2D eigenvalue weighted by molar-refractivity contribution is 9.10. The number of aromatic nitrogens is 1. The number of amides is 1. The summed E-state index contributed by atoms with van der Waals surface area (Å²) in [6.07, 6.45) is 2.94. The highest BCUT2D eigenvalue weighted by atomic mass is 79.9. The molecule has 1 saturated heterocycles. The third-order valence-corrected chi connectivity index (χ3v) is 10.4. The lowest BCUT2D eigenvalue weighted by Gasteiger charge is -2.20. The molecule has 208 valence electrons. The molecule has 0 saturated carbocycles. The third kappa shape index (κ3) is 6.14. The molecule has 3 heterocycles. The number of rotatable bonds is 9. The van der Waals surface area contributed by atoms with Gasteiger partial charge in [-0.15, -0.1) is 0 Å². The lowest BCUT2D eigenvalue weighted by Crippen LogP contribution is -2.34. The number of sulfonamides is 1. The van der Waals surface area contributed by atoms with E-state index in [9.17, 15) is 23.3 Å². The molecule has 1 aliphatic heterocycles. The predicted octanol–water partition coefficient (Wildman–Crippen LogP) is 5.51. The first-order valence-corrected chi connectivity index (χ1v) is 15.9. The van der Waals surface area contributed by atoms with Crippen LogP contribution in [0.5, 0.6) is 0 Å². The number of fused-ring (bicyclic) bond motifs is 1. The summed E-state index contributed by atoms with van der Waals surface area (Å²) in [5.41, 5.74) is 0.856. The van der Waals surface area contributed by atoms with Crippen LogP contribution in [-0.2, 0) is 14.8 Å². The Morgan fingerprint density at radius 1 is 1.23 bits per heavy atom. The zero-order valence-electron chi connectivity index (χ0n) is 21.0. The third-order valence-electron chi connectivity index (χ3n) is 6.10. The molecule has 11 nitrogen and oxygen atoms in total. The van der Waals surface area contributed by atoms with E-state index >= 15 is 0 Å². The summed E-state index contributed by atoms with van der Waals surface area (Å²) in [4.78, 5) is 29.3. The second kappa shape index (κ2) is 11.8. The maximum Gasteiger partial charge on any atom is 0.324 e. The number of carbonyl (C=O) groups is 1. The number of nitrogens with zero attached hydrogens (tertiary/aromatic N) is 5. The standard InChI is InChI=1S/C25H22BrN5O6S3/c1-29(15-18-3-2-12-37-18)40(35,36)20-8-4-16(5-9-20)24(32)30(27-14-19-7-11-23(38-19)31(33)34)25-28-21-10-6-17(26)13-22(21)39-25/h4-11,13-14,18H,2-3,12,15H2,1H3/b27-14+. The number of ether oxygens (including phenoxy) is 1. The molecule has 1 amide bonds. The van der Waals surface area contributed by atoms with Crippen molar-refractivity contribution < 1.29 is 22.9 Å². The smallest absolute Gasteiger partial charge is 0.324 e. The van der Waals surface area contributed by atoms with Crippen molar-refractivity contribution in [3.8, 4) is 0 Å². The zero-order valence-corrected chi connectivity index (χ0v) is 25.0. The van der Waals surface area contributed by atoms with E-state index in [1.54, 1.807) is 6.07 Å². The second-order valence-corrected chi connectivity index (χ2v) is 13.9. The van der Waals surface area contributed by atoms with Crippen molar-refractivity contribution in [2.24, 2.45) is 5.10 Å². The van der Waals surface area contributed by atoms with E-state index in [4.69, 9.17) is 4.74 Å². The van der Waals surface area contributed by atoms with Crippen LogP contribution in [0.4, 0.5) is 10.1 Å². The Hall–Kier alpha value is -3.08. The number of halogens is 1. The Kier molecular flexibility index (Phi) is 8.39. The van der Waals surface area contributed by atoms with Gasteiger partial charge in [-0.1, -0.05) is 38.6 Å². The van der Waals surface area contributed by atoms with Gasteiger partial charge >= 0.3 is 5.00 Å². The van der Waals surface area contributed by atoms with Gasteiger partial charge in [0.2, 0.25) is 15.2 Å². The molecule has 5 rings (SSSR count). The van der Waals surface area contributed by atoms with E-state index in [1.807, 2.05) is 12.1 Å². The van der Waals surface area contributed by atoms with Crippen molar-refractivity contribution in [3.05, 3.63) is 79.6 Å². The van der Waals surface area contributed by atoms with Crippen molar-refractivity contribution in [1.82, 2.24) is 9.29 Å². The van der Waals surface area contributed by atoms with Gasteiger partial charge in [0, 0.05) is 36.3 Å². The van der Waals surface area contributed by atoms with Crippen LogP contribution in [0.25, 0.3) is 10.2 Å². The topological polar surface area (TPSA) is 135 Å². The molecule has 15 heteroatoms. The van der Waals surface area contributed by atoms with Gasteiger partial charge in [-0.3, -0.25) is 14.9 Å². The van der Waals surface area contributed by atoms with Gasteiger partial charge < -0.3 is 4.74 Å². The van der Waals surface area contributed by atoms with Gasteiger partial charge in [0.05, 0.1) is 37.2 Å². The van der Waals surface area contributed by atoms with Crippen LogP contribution in [0.1, 0.15) is 28.1 Å². The Balaban J connectivity index is 1.43. The summed E-state index contributed by atoms with van der Waals surface area (Å²) < 4.78 is 34.7. The van der Waals surface area contributed by atoms with Gasteiger partial charge in [0.15, 0.2) is 0 Å². The zero-order chi connectivity index (χ0) is 28.4. The number of carbonyl (C=O) groups excluding carboxylic acids is 1. The van der Waals surface area contributed by atoms with Gasteiger partial charge in [0.1, 0.15) is 0 Å². The van der Waals surface area contributed by atoms with E-state index < -0.39 is 20.9 Å². The van der Waals surface area contributed by atoms with Crippen molar-refractivity contribution in [2.75, 3.05) is 25.2 Å². The number of hydrazone groups is 1. The van der Waals surface area contributed by atoms with Crippen molar-refractivity contribution >= 4 is 81.1 Å². The van der Waals surface area contributed by atoms with Gasteiger partial charge in [-0.2, -0.15) is 14.4 Å². The molecule has 0 spiro atoms. The van der Waals surface area contributed by atoms with Crippen LogP contribution in [0.15, 0.2) is 69.1 Å². The highest BCUT2D eigenvalue weighted by Crippen LogP contribution is 2.32. The van der Waals surface area contributed by atoms with E-state index in [2.05, 4.69) is 26.0 Å². The fraction of sp³-hybridized carbons (Fsp3) is 0.240. The fourth-order valence-corrected chi connectivity index (χ4v) is 7.40. The number of thiophene rings is 1. The summed E-state index contributed by atoms with van der Waals surface area (Å²) in [6.45, 7) is 0.879. The van der Waals surface area contributed by atoms with E-state index in [1.165, 1.54) is 65.3 Å². The van der Waals surface area contributed by atoms with E-state index in [0.29, 0.717) is 17.0 Å². The summed E-state index contributed by atoms with van der Waals surface area (Å²) >= 11 is 5.60. The normalized spacial score (nSPS) is 15.8. The lowest BCUT2D eigenvalue weighted by atomic mass is 10.2. The minimum absolute atomic E-state index is 0.0505. The van der Waals surface area contributed by atoms with E-state index in [-0.39, 0.29) is 33.2 Å². The van der Waals surface area contributed by atoms with Crippen molar-refractivity contribution in [2.45, 2.75) is 23.8 Å². The summed E-state index contributed by atoms with van der Waals surface area (Å²) in [5, 5.41) is 16.7. The van der Waals surface area contributed by atoms with Gasteiger partial charge in [-0.25, -0.2) is 13.4 Å². The molecular weight excluding hydrogens is 642 g/mol. The molecule has 0 aliphatic carbocycles. The molecule has 4 aromatic rings. The first-order valence-electron chi connectivity index (χ1n) is 12.0. The second-order valence-electron chi connectivity index (χ2n) is 8.85. The fourth-order valence-electron chi connectivity index (χ4n) is 4.03. The number of thiazole rings is 1. The number of hydrogen-bond acceptors (Lipinski definition) is 10. The minimum Gasteiger partial charge on any atom is -0.377 e. The molecule has 0 radical (unpaired) electrons. The Bertz CT molecular complexity index is 1700. The number of nitro groups is 1. The van der Waals surface area contributed by atoms with Crippen LogP contribution in [0.3, 0.4) is 0 Å². The van der Waals surface area contributed by atoms with Crippen LogP contribution in [0.2, 0.25) is 0 Å². The van der Waals surface area contributed by atoms with Gasteiger partial charge in [-0.05, 0) is 61.4 Å². The van der Waals surface area contributed by atoms with E-state index in [0.717, 1.165) is 38.4 Å². The maximum atomic E-state index is 13.6. The van der Waals surface area contributed by atoms with Crippen LogP contribution >= 0.6 is 38.6 Å². The van der Waals surface area contributed by atoms with Crippen molar-refractivity contribution in [3.63, 3.8) is 0 Å². The number of hydrogen-bond donors (Lipinski definition) is 0. The average Bonchev–Trinajstić information content (AvgIpc) is 3.70. The monoisotopic (exact) mass is 663 g/mol. The van der Waals surface area contributed by atoms with Crippen molar-refractivity contribution in [1.29, 1.82) is 0 Å². The number of anilines is 1. The molecule has 1 unspecified atom stereocenters. The highest BCUT2D eigenvalue weighted by Gasteiger charge is 2.27. The summed E-state index contributed by atoms with van der Waals surface area (Å²) in [6, 6.07) is 14.0. The quantitative estimate of drug-likeness (QED) is 0.131. The average molecular weight is 665 g/mol. The largest absolute Gasteiger partial charge is 0.377 e. The molecule has 1 aliphatic rings. The first kappa shape index (κ1) is 28.4. The van der Waals surface area contributed by atoms with Crippen LogP contribution in [0, 0.1) is 10.1 Å².